The predicted octanol–water partition coefficient (Wildman–Crippen LogP) is -4.58. The molecule has 0 fully saturated rings. The first-order valence-electron chi connectivity index (χ1n) is 13.2. The number of hydrogen-bond donors (Lipinski definition) is 8. The van der Waals surface area contributed by atoms with Crippen molar-refractivity contribution in [3.05, 3.63) is 41.7 Å². The standard InChI is InChI=1S/C24H31N9O12P2/c1-33(10-12-9-27-20-18(28-12)19(25)31-24(26)32-20)13-4-2-11(3-5-13)21(35)30-14(22(36)37)6-7-16(34)29-15(23(38)39)8-17(46(40,41)42)47(43,44)45/h2-5,9,14-15,17H,6-8,10H2,1H3,(H,29,34)(H,30,35)(H,36,37)(H,38,39)(H2,40,41,42)(H2,43,44,45)(H4,25,26,27,31,32)/p-2/t14-,15?/m0/s1. The van der Waals surface area contributed by atoms with Gasteiger partial charge in [-0.1, -0.05) is 0 Å². The summed E-state index contributed by atoms with van der Waals surface area (Å²) < 4.78 is 0. The molecule has 0 aliphatic heterocycles. The summed E-state index contributed by atoms with van der Waals surface area (Å²) in [7, 11) is -9.86. The van der Waals surface area contributed by atoms with Crippen LogP contribution in [-0.4, -0.2) is 88.2 Å². The zero-order valence-corrected chi connectivity index (χ0v) is 26.1. The van der Waals surface area contributed by atoms with Gasteiger partial charge in [-0.3, -0.25) is 9.59 Å². The maximum Gasteiger partial charge on any atom is 0.326 e. The fourth-order valence-electron chi connectivity index (χ4n) is 4.18. The van der Waals surface area contributed by atoms with Crippen LogP contribution in [0.3, 0.4) is 0 Å². The third-order valence-corrected chi connectivity index (χ3v) is 10.2. The number of nitrogens with one attached hydrogen (secondary N) is 2. The molecule has 2 aromatic heterocycles. The van der Waals surface area contributed by atoms with Crippen molar-refractivity contribution in [3.63, 3.8) is 0 Å². The van der Waals surface area contributed by atoms with Crippen LogP contribution in [0.1, 0.15) is 35.3 Å². The van der Waals surface area contributed by atoms with E-state index >= 15 is 0 Å². The zero-order valence-electron chi connectivity index (χ0n) is 24.3. The van der Waals surface area contributed by atoms with Crippen molar-refractivity contribution in [1.29, 1.82) is 0 Å². The zero-order chi connectivity index (χ0) is 35.3. The van der Waals surface area contributed by atoms with Gasteiger partial charge in [-0.05, 0) is 30.7 Å². The predicted molar refractivity (Wildman–Crippen MR) is 157 cm³/mol. The molecule has 21 nitrogen and oxygen atoms in total. The van der Waals surface area contributed by atoms with E-state index in [0.29, 0.717) is 11.4 Å². The van der Waals surface area contributed by atoms with Gasteiger partial charge in [0.1, 0.15) is 12.1 Å². The highest BCUT2D eigenvalue weighted by Crippen LogP contribution is 2.61. The second-order valence-corrected chi connectivity index (χ2v) is 14.0. The Bertz CT molecular complexity index is 1620. The summed E-state index contributed by atoms with van der Waals surface area (Å²) in [6.07, 6.45) is -1.22. The quantitative estimate of drug-likeness (QED) is 0.0692. The summed E-state index contributed by atoms with van der Waals surface area (Å²) in [6, 6.07) is 2.13. The summed E-state index contributed by atoms with van der Waals surface area (Å²) in [6.45, 7) is 0.261. The molecule has 0 saturated heterocycles. The maximum absolute atomic E-state index is 12.8. The van der Waals surface area contributed by atoms with Gasteiger partial charge in [0.15, 0.2) is 17.0 Å². The topological polar surface area (TPSA) is 372 Å². The third-order valence-electron chi connectivity index (χ3n) is 6.57. The van der Waals surface area contributed by atoms with Gasteiger partial charge in [0.25, 0.3) is 13.9 Å². The largest absolute Gasteiger partial charge is 0.685 e. The average Bonchev–Trinajstić information content (AvgIpc) is 2.95. The molecule has 3 atom stereocenters. The number of nitrogens with zero attached hydrogens (tertiary/aromatic N) is 5. The Morgan fingerprint density at radius 1 is 0.936 bits per heavy atom. The summed E-state index contributed by atoms with van der Waals surface area (Å²) in [5.41, 5.74) is 13.1. The monoisotopic (exact) mass is 697 g/mol. The first-order valence-corrected chi connectivity index (χ1v) is 16.5. The Balaban J connectivity index is 1.60. The van der Waals surface area contributed by atoms with Gasteiger partial charge in [0, 0.05) is 24.7 Å². The minimum atomic E-state index is -5.98. The van der Waals surface area contributed by atoms with Crippen LogP contribution in [0.25, 0.3) is 11.2 Å². The summed E-state index contributed by atoms with van der Waals surface area (Å²) in [5.74, 6) is -5.40. The molecule has 1 aromatic carbocycles. The van der Waals surface area contributed by atoms with E-state index in [1.165, 1.54) is 18.3 Å². The Morgan fingerprint density at radius 3 is 2.11 bits per heavy atom. The number of fused-ring (bicyclic) bond motifs is 1. The number of carbonyl (C=O) groups excluding carboxylic acids is 2. The Morgan fingerprint density at radius 2 is 1.55 bits per heavy atom. The number of amides is 2. The molecule has 0 radical (unpaired) electrons. The highest BCUT2D eigenvalue weighted by molar-refractivity contribution is 7.74. The van der Waals surface area contributed by atoms with E-state index in [9.17, 15) is 49.0 Å². The van der Waals surface area contributed by atoms with Crippen LogP contribution in [0.4, 0.5) is 17.5 Å². The first-order chi connectivity index (χ1) is 21.8. The van der Waals surface area contributed by atoms with E-state index in [0.717, 1.165) is 0 Å². The molecule has 3 rings (SSSR count). The smallest absolute Gasteiger partial charge is 0.326 e. The number of rotatable bonds is 15. The maximum atomic E-state index is 12.8. The number of carboxylic acids is 2. The summed E-state index contributed by atoms with van der Waals surface area (Å²) >= 11 is 0. The lowest BCUT2D eigenvalue weighted by molar-refractivity contribution is -0.429. The van der Waals surface area contributed by atoms with Crippen LogP contribution in [0.5, 0.6) is 0 Å². The summed E-state index contributed by atoms with van der Waals surface area (Å²) in [4.78, 5) is 130. The van der Waals surface area contributed by atoms with Gasteiger partial charge >= 0.3 is 11.9 Å². The van der Waals surface area contributed by atoms with Crippen molar-refractivity contribution in [2.45, 2.75) is 43.3 Å². The number of aromatic nitrogens is 4. The van der Waals surface area contributed by atoms with Gasteiger partial charge < -0.3 is 56.8 Å². The highest BCUT2D eigenvalue weighted by atomic mass is 31.3. The fourth-order valence-corrected chi connectivity index (χ4v) is 6.61. The minimum absolute atomic E-state index is 0.0434. The number of nitrogens with two attached hydrogens (primary N) is 2. The number of hydrogen-bond acceptors (Lipinski definition) is 17. The Hall–Kier alpha value is -4.46. The molecule has 2 unspecified atom stereocenters. The fraction of sp³-hybridized carbons (Fsp3) is 0.333. The SMILES string of the molecule is CN(Cc1cnc2nc(N)nc(N)c2n1)c1ccc(C(=O)N[C@@H](CCC(=O)NC(CC([P+]([O-])([O-])[O-])[P+]([O-])(O)O)C(=O)O)C(=O)O)cc1. The molecule has 3 aromatic rings. The summed E-state index contributed by atoms with van der Waals surface area (Å²) in [5, 5.41) is 19.9. The van der Waals surface area contributed by atoms with Crippen LogP contribution in [-0.2, 0) is 20.9 Å². The van der Waals surface area contributed by atoms with Crippen LogP contribution in [0, 0.1) is 0 Å². The molecule has 2 heterocycles. The molecule has 0 bridgehead atoms. The van der Waals surface area contributed by atoms with Crippen LogP contribution >= 0.6 is 15.9 Å². The lowest BCUT2D eigenvalue weighted by atomic mass is 10.1. The van der Waals surface area contributed by atoms with Gasteiger partial charge in [-0.15, -0.1) is 7.94 Å². The van der Waals surface area contributed by atoms with Crippen LogP contribution in [0.2, 0.25) is 0 Å². The van der Waals surface area contributed by atoms with Crippen molar-refractivity contribution in [2.24, 2.45) is 0 Å². The lowest BCUT2D eigenvalue weighted by Crippen LogP contribution is -2.50. The molecule has 2 amide bonds. The number of nitrogen functional groups attached to an aromatic ring is 2. The van der Waals surface area contributed by atoms with E-state index in [1.807, 2.05) is 0 Å². The van der Waals surface area contributed by atoms with Gasteiger partial charge in [-0.2, -0.15) is 9.97 Å². The molecule has 254 valence electrons. The third kappa shape index (κ3) is 10.3. The molecule has 0 saturated carbocycles. The lowest BCUT2D eigenvalue weighted by Gasteiger charge is -2.48. The van der Waals surface area contributed by atoms with Crippen molar-refractivity contribution in [2.75, 3.05) is 23.4 Å². The van der Waals surface area contributed by atoms with E-state index < -0.39 is 76.4 Å². The van der Waals surface area contributed by atoms with Crippen LogP contribution < -0.4 is 46.6 Å². The van der Waals surface area contributed by atoms with E-state index in [1.54, 1.807) is 29.4 Å². The first kappa shape index (κ1) is 37.0. The number of carbonyl (C=O) groups is 4. The van der Waals surface area contributed by atoms with E-state index in [-0.39, 0.29) is 35.0 Å². The normalized spacial score (nSPS) is 13.8. The minimum Gasteiger partial charge on any atom is -0.685 e. The second-order valence-electron chi connectivity index (χ2n) is 10.1. The number of carboxylic acid groups (broad SMARTS) is 2. The van der Waals surface area contributed by atoms with Gasteiger partial charge in [-0.25, -0.2) is 29.3 Å². The molecular weight excluding hydrogens is 668 g/mol. The van der Waals surface area contributed by atoms with Crippen molar-refractivity contribution in [3.8, 4) is 0 Å². The van der Waals surface area contributed by atoms with Crippen molar-refractivity contribution < 1.29 is 58.8 Å². The molecule has 47 heavy (non-hydrogen) atoms. The van der Waals surface area contributed by atoms with E-state index in [2.05, 4.69) is 25.3 Å². The number of benzene rings is 1. The van der Waals surface area contributed by atoms with Crippen molar-refractivity contribution >= 4 is 68.3 Å². The average molecular weight is 697 g/mol. The highest BCUT2D eigenvalue weighted by Gasteiger charge is 2.44. The van der Waals surface area contributed by atoms with Crippen LogP contribution in [0.15, 0.2) is 30.5 Å². The molecule has 0 aliphatic carbocycles. The molecular formula is C24H29N9O12P2-2. The van der Waals surface area contributed by atoms with E-state index in [4.69, 9.17) is 21.3 Å². The number of anilines is 3. The van der Waals surface area contributed by atoms with Gasteiger partial charge in [0.2, 0.25) is 17.3 Å². The molecule has 10 N–H and O–H groups in total. The molecule has 23 heteroatoms. The molecule has 0 aliphatic rings. The van der Waals surface area contributed by atoms with Crippen molar-refractivity contribution in [1.82, 2.24) is 30.6 Å². The molecule has 0 spiro atoms. The van der Waals surface area contributed by atoms with Gasteiger partial charge in [0.05, 0.1) is 24.9 Å². The Kier molecular flexibility index (Phi) is 11.8. The second kappa shape index (κ2) is 15.0. The number of aliphatic carboxylic acids is 2. The Labute approximate surface area is 266 Å².